The lowest BCUT2D eigenvalue weighted by Gasteiger charge is -2.27. The number of nitrogens with zero attached hydrogens (tertiary/aromatic N) is 2. The molecule has 1 aliphatic heterocycles. The summed E-state index contributed by atoms with van der Waals surface area (Å²) in [6, 6.07) is 6.37. The van der Waals surface area contributed by atoms with Crippen molar-refractivity contribution in [2.45, 2.75) is 18.2 Å². The summed E-state index contributed by atoms with van der Waals surface area (Å²) in [4.78, 5) is 3.93. The van der Waals surface area contributed by atoms with Crippen LogP contribution in [0, 0.1) is 5.92 Å². The minimum absolute atomic E-state index is 0.148. The van der Waals surface area contributed by atoms with Crippen LogP contribution in [0.25, 0.3) is 10.8 Å². The highest BCUT2D eigenvalue weighted by molar-refractivity contribution is 7.86. The highest BCUT2D eigenvalue weighted by atomic mass is 32.2. The van der Waals surface area contributed by atoms with E-state index in [1.54, 1.807) is 18.2 Å². The van der Waals surface area contributed by atoms with E-state index in [1.165, 1.54) is 12.3 Å². The Kier molecular flexibility index (Phi) is 3.16. The Morgan fingerprint density at radius 1 is 1.33 bits per heavy atom. The predicted molar refractivity (Wildman–Crippen MR) is 78.6 cm³/mol. The Balaban J connectivity index is 2.23. The van der Waals surface area contributed by atoms with E-state index in [1.807, 2.05) is 6.92 Å². The molecular weight excluding hydrogens is 290 g/mol. The number of nitrogens with two attached hydrogens (primary N) is 1. The van der Waals surface area contributed by atoms with Crippen molar-refractivity contribution in [2.75, 3.05) is 13.1 Å². The fraction of sp³-hybridized carbons (Fsp3) is 0.357. The molecule has 2 unspecified atom stereocenters. The molecule has 1 fully saturated rings. The summed E-state index contributed by atoms with van der Waals surface area (Å²) in [5.74, 6) is 6.25. The molecule has 21 heavy (non-hydrogen) atoms. The second kappa shape index (κ2) is 4.66. The van der Waals surface area contributed by atoms with Crippen LogP contribution < -0.4 is 5.84 Å². The van der Waals surface area contributed by atoms with E-state index in [2.05, 4.69) is 4.98 Å². The normalized spacial score (nSPS) is 26.3. The molecule has 3 rings (SSSR count). The predicted octanol–water partition coefficient (Wildman–Crippen LogP) is 1.36. The average Bonchev–Trinajstić information content (AvgIpc) is 2.80. The first kappa shape index (κ1) is 14.2. The molecule has 7 heteroatoms. The van der Waals surface area contributed by atoms with E-state index in [-0.39, 0.29) is 16.7 Å². The lowest BCUT2D eigenvalue weighted by molar-refractivity contribution is -0.806. The topological polar surface area (TPSA) is 93.3 Å². The highest BCUT2D eigenvalue weighted by Crippen LogP contribution is 2.34. The van der Waals surface area contributed by atoms with Crippen LogP contribution in [0.15, 0.2) is 35.4 Å². The van der Waals surface area contributed by atoms with Crippen LogP contribution >= 0.6 is 0 Å². The molecule has 112 valence electrons. The van der Waals surface area contributed by atoms with Gasteiger partial charge in [0.05, 0.1) is 0 Å². The molecule has 6 nitrogen and oxygen atoms in total. The summed E-state index contributed by atoms with van der Waals surface area (Å²) in [5.41, 5.74) is 0. The second-order valence-electron chi connectivity index (χ2n) is 5.71. The van der Waals surface area contributed by atoms with E-state index in [9.17, 15) is 13.5 Å². The van der Waals surface area contributed by atoms with Gasteiger partial charge in [-0.1, -0.05) is 13.0 Å². The van der Waals surface area contributed by atoms with Crippen LogP contribution in [0.1, 0.15) is 13.3 Å². The third-order valence-corrected chi connectivity index (χ3v) is 6.32. The van der Waals surface area contributed by atoms with Crippen molar-refractivity contribution < 1.29 is 17.5 Å². The van der Waals surface area contributed by atoms with Crippen LogP contribution in [0.4, 0.5) is 0 Å². The Bertz CT molecular complexity index is 806. The van der Waals surface area contributed by atoms with Gasteiger partial charge in [0.2, 0.25) is 5.88 Å². The van der Waals surface area contributed by atoms with Gasteiger partial charge >= 0.3 is 10.0 Å². The molecular formula is C14H18N3O3S+. The maximum absolute atomic E-state index is 13.0. The van der Waals surface area contributed by atoms with Gasteiger partial charge in [-0.25, -0.2) is 4.98 Å². The summed E-state index contributed by atoms with van der Waals surface area (Å²) >= 11 is 0. The highest BCUT2D eigenvalue weighted by Gasteiger charge is 2.46. The van der Waals surface area contributed by atoms with E-state index in [0.29, 0.717) is 23.9 Å². The molecule has 1 aromatic heterocycles. The number of quaternary nitrogens is 1. The van der Waals surface area contributed by atoms with Crippen LogP contribution in [0.3, 0.4) is 0 Å². The second-order valence-corrected chi connectivity index (χ2v) is 7.83. The van der Waals surface area contributed by atoms with E-state index < -0.39 is 14.0 Å². The van der Waals surface area contributed by atoms with Crippen molar-refractivity contribution >= 4 is 20.8 Å². The largest absolute Gasteiger partial charge is 0.493 e. The van der Waals surface area contributed by atoms with Gasteiger partial charge in [0.15, 0.2) is 0 Å². The van der Waals surface area contributed by atoms with E-state index in [0.717, 1.165) is 6.42 Å². The number of pyridine rings is 1. The Labute approximate surface area is 123 Å². The van der Waals surface area contributed by atoms with Crippen LogP contribution in [0.5, 0.6) is 5.88 Å². The summed E-state index contributed by atoms with van der Waals surface area (Å²) < 4.78 is 25.5. The molecule has 0 bridgehead atoms. The van der Waals surface area contributed by atoms with Crippen molar-refractivity contribution in [3.05, 3.63) is 30.5 Å². The van der Waals surface area contributed by atoms with E-state index >= 15 is 0 Å². The van der Waals surface area contributed by atoms with Crippen LogP contribution in [-0.4, -0.2) is 35.6 Å². The number of aromatic hydroxyl groups is 1. The number of hydrogen-bond acceptors (Lipinski definition) is 5. The fourth-order valence-electron chi connectivity index (χ4n) is 2.95. The summed E-state index contributed by atoms with van der Waals surface area (Å²) in [6.07, 6.45) is 2.18. The lowest BCUT2D eigenvalue weighted by Crippen LogP contribution is -2.56. The molecule has 0 spiro atoms. The van der Waals surface area contributed by atoms with Gasteiger partial charge in [-0.15, -0.1) is 4.00 Å². The molecule has 1 aliphatic rings. The maximum atomic E-state index is 13.0. The van der Waals surface area contributed by atoms with E-state index in [4.69, 9.17) is 5.84 Å². The number of fused-ring (bicyclic) bond motifs is 1. The molecule has 2 aromatic rings. The van der Waals surface area contributed by atoms with Gasteiger partial charge in [0, 0.05) is 29.3 Å². The third kappa shape index (κ3) is 2.08. The summed E-state index contributed by atoms with van der Waals surface area (Å²) in [5, 5.41) is 10.7. The summed E-state index contributed by atoms with van der Waals surface area (Å²) in [7, 11) is -3.74. The molecule has 2 atom stereocenters. The van der Waals surface area contributed by atoms with Crippen molar-refractivity contribution in [1.82, 2.24) is 4.98 Å². The van der Waals surface area contributed by atoms with Crippen molar-refractivity contribution in [3.63, 3.8) is 0 Å². The quantitative estimate of drug-likeness (QED) is 0.645. The molecule has 0 saturated carbocycles. The lowest BCUT2D eigenvalue weighted by atomic mass is 10.2. The fourth-order valence-corrected chi connectivity index (χ4v) is 4.85. The molecule has 1 saturated heterocycles. The van der Waals surface area contributed by atoms with Crippen molar-refractivity contribution in [3.8, 4) is 5.88 Å². The number of sulfonamides is 1. The first-order valence-electron chi connectivity index (χ1n) is 6.83. The maximum Gasteiger partial charge on any atom is 0.345 e. The zero-order valence-electron chi connectivity index (χ0n) is 11.7. The number of aromatic nitrogens is 1. The van der Waals surface area contributed by atoms with Gasteiger partial charge < -0.3 is 5.11 Å². The molecule has 3 N–H and O–H groups in total. The van der Waals surface area contributed by atoms with Gasteiger partial charge in [-0.05, 0) is 18.2 Å². The molecule has 1 aromatic carbocycles. The minimum atomic E-state index is -3.74. The molecule has 0 radical (unpaired) electrons. The first-order valence-corrected chi connectivity index (χ1v) is 8.27. The number of benzene rings is 1. The Morgan fingerprint density at radius 3 is 2.76 bits per heavy atom. The smallest absolute Gasteiger partial charge is 0.345 e. The van der Waals surface area contributed by atoms with Gasteiger partial charge in [0.1, 0.15) is 18.0 Å². The minimum Gasteiger partial charge on any atom is -0.493 e. The van der Waals surface area contributed by atoms with Crippen LogP contribution in [-0.2, 0) is 10.0 Å². The molecule has 0 amide bonds. The average molecular weight is 308 g/mol. The van der Waals surface area contributed by atoms with Crippen molar-refractivity contribution in [2.24, 2.45) is 11.8 Å². The molecule has 2 heterocycles. The third-order valence-electron chi connectivity index (χ3n) is 4.12. The van der Waals surface area contributed by atoms with Gasteiger partial charge in [0.25, 0.3) is 0 Å². The molecule has 0 aliphatic carbocycles. The SMILES string of the molecule is CC1CC[N+](N)(S(=O)(=O)c2cccc3c(O)nccc23)C1. The first-order chi connectivity index (χ1) is 9.85. The van der Waals surface area contributed by atoms with Crippen LogP contribution in [0.2, 0.25) is 0 Å². The van der Waals surface area contributed by atoms with Gasteiger partial charge in [-0.3, -0.25) is 0 Å². The Morgan fingerprint density at radius 2 is 2.10 bits per heavy atom. The number of rotatable bonds is 2. The zero-order valence-corrected chi connectivity index (χ0v) is 12.5. The standard InChI is InChI=1S/C14H17N3O3S/c1-10-6-8-17(15,9-10)21(19,20)13-4-2-3-12-11(13)5-7-16-14(12)18/h2-5,7,10H,6,8-9,15H2,1H3/p+1. The van der Waals surface area contributed by atoms with Gasteiger partial charge in [-0.2, -0.15) is 14.3 Å². The van der Waals surface area contributed by atoms with Crippen molar-refractivity contribution in [1.29, 1.82) is 0 Å². The summed E-state index contributed by atoms with van der Waals surface area (Å²) in [6.45, 7) is 2.80. The zero-order chi connectivity index (χ0) is 15.3. The number of hydrogen-bond donors (Lipinski definition) is 2. The Hall–Kier alpha value is -1.70. The monoisotopic (exact) mass is 308 g/mol.